The van der Waals surface area contributed by atoms with Crippen LogP contribution in [0.5, 0.6) is 0 Å². The van der Waals surface area contributed by atoms with Crippen LogP contribution in [0.15, 0.2) is 53.4 Å². The average molecular weight is 349 g/mol. The van der Waals surface area contributed by atoms with E-state index < -0.39 is 20.9 Å². The van der Waals surface area contributed by atoms with E-state index in [0.29, 0.717) is 5.56 Å². The molecule has 0 unspecified atom stereocenters. The third-order valence-electron chi connectivity index (χ3n) is 3.16. The number of aliphatic carboxylic acids is 1. The number of nitrogens with one attached hydrogen (secondary N) is 1. The summed E-state index contributed by atoms with van der Waals surface area (Å²) < 4.78 is 26.8. The molecular formula is C15H13N2O6S-. The van der Waals surface area contributed by atoms with Crippen LogP contribution in [0.2, 0.25) is 0 Å². The molecule has 2 aromatic rings. The summed E-state index contributed by atoms with van der Waals surface area (Å²) in [5.74, 6) is -1.18. The second-order valence-electron chi connectivity index (χ2n) is 4.93. The van der Waals surface area contributed by atoms with Crippen molar-refractivity contribution in [1.82, 2.24) is 0 Å². The van der Waals surface area contributed by atoms with Gasteiger partial charge in [-0.2, -0.15) is 0 Å². The van der Waals surface area contributed by atoms with E-state index in [0.717, 1.165) is 6.07 Å². The summed E-state index contributed by atoms with van der Waals surface area (Å²) in [5, 5.41) is 21.1. The minimum Gasteiger partial charge on any atom is -0.550 e. The molecule has 1 N–H and O–H groups in total. The number of nitro groups is 1. The molecule has 8 nitrogen and oxygen atoms in total. The molecular weight excluding hydrogens is 336 g/mol. The predicted octanol–water partition coefficient (Wildman–Crippen LogP) is 1.08. The van der Waals surface area contributed by atoms with Crippen molar-refractivity contribution in [2.45, 2.75) is 17.7 Å². The van der Waals surface area contributed by atoms with Gasteiger partial charge in [-0.3, -0.25) is 14.8 Å². The Bertz CT molecular complexity index is 862. The van der Waals surface area contributed by atoms with E-state index in [1.165, 1.54) is 42.5 Å². The average Bonchev–Trinajstić information content (AvgIpc) is 2.53. The Kier molecular flexibility index (Phi) is 5.14. The normalized spacial score (nSPS) is 11.0. The molecule has 2 rings (SSSR count). The van der Waals surface area contributed by atoms with Crippen LogP contribution in [-0.4, -0.2) is 19.3 Å². The molecule has 2 aromatic carbocycles. The zero-order valence-corrected chi connectivity index (χ0v) is 13.2. The molecule has 0 bridgehead atoms. The first kappa shape index (κ1) is 17.4. The molecule has 0 aliphatic carbocycles. The summed E-state index contributed by atoms with van der Waals surface area (Å²) in [6, 6.07) is 10.8. The van der Waals surface area contributed by atoms with Crippen molar-refractivity contribution in [3.8, 4) is 0 Å². The lowest BCUT2D eigenvalue weighted by Gasteiger charge is -2.09. The summed E-state index contributed by atoms with van der Waals surface area (Å²) in [7, 11) is -3.91. The van der Waals surface area contributed by atoms with Crippen LogP contribution in [0.25, 0.3) is 0 Å². The van der Waals surface area contributed by atoms with Crippen LogP contribution in [0.3, 0.4) is 0 Å². The van der Waals surface area contributed by atoms with Crippen LogP contribution in [-0.2, 0) is 21.2 Å². The Morgan fingerprint density at radius 2 is 1.79 bits per heavy atom. The number of carbonyl (C=O) groups excluding carboxylic acids is 1. The Labute approximate surface area is 138 Å². The highest BCUT2D eigenvalue weighted by atomic mass is 32.2. The number of carboxylic acids is 1. The van der Waals surface area contributed by atoms with E-state index in [-0.39, 0.29) is 29.1 Å². The molecule has 0 aromatic heterocycles. The van der Waals surface area contributed by atoms with Crippen LogP contribution < -0.4 is 9.83 Å². The number of non-ortho nitro benzene ring substituents is 1. The molecule has 0 aliphatic rings. The molecule has 0 amide bonds. The standard InChI is InChI=1S/C15H14N2O6S/c18-15(19)9-6-11-4-7-14(8-5-11)24(22,23)16-12-2-1-3-13(10-12)17(20)21/h1-5,7-8,10,16H,6,9H2,(H,18,19)/p-1. The van der Waals surface area contributed by atoms with Crippen molar-refractivity contribution in [3.05, 3.63) is 64.2 Å². The van der Waals surface area contributed by atoms with Gasteiger partial charge in [-0.15, -0.1) is 0 Å². The monoisotopic (exact) mass is 349 g/mol. The van der Waals surface area contributed by atoms with Crippen molar-refractivity contribution in [2.24, 2.45) is 0 Å². The summed E-state index contributed by atoms with van der Waals surface area (Å²) >= 11 is 0. The number of hydrogen-bond acceptors (Lipinski definition) is 6. The number of aryl methyl sites for hydroxylation is 1. The highest BCUT2D eigenvalue weighted by Gasteiger charge is 2.15. The molecule has 0 saturated carbocycles. The smallest absolute Gasteiger partial charge is 0.271 e. The van der Waals surface area contributed by atoms with Gasteiger partial charge in [0, 0.05) is 18.1 Å². The van der Waals surface area contributed by atoms with Crippen molar-refractivity contribution in [2.75, 3.05) is 4.72 Å². The fourth-order valence-electron chi connectivity index (χ4n) is 1.98. The largest absolute Gasteiger partial charge is 0.550 e. The number of nitro benzene ring substituents is 1. The number of anilines is 1. The van der Waals surface area contributed by atoms with E-state index >= 15 is 0 Å². The Morgan fingerprint density at radius 1 is 1.12 bits per heavy atom. The Hall–Kier alpha value is -2.94. The van der Waals surface area contributed by atoms with Gasteiger partial charge in [0.1, 0.15) is 0 Å². The zero-order chi connectivity index (χ0) is 17.7. The molecule has 0 spiro atoms. The quantitative estimate of drug-likeness (QED) is 0.588. The zero-order valence-electron chi connectivity index (χ0n) is 12.3. The number of hydrogen-bond donors (Lipinski definition) is 1. The number of rotatable bonds is 7. The Balaban J connectivity index is 2.16. The molecule has 0 saturated heterocycles. The van der Waals surface area contributed by atoms with Crippen LogP contribution in [0, 0.1) is 10.1 Å². The molecule has 24 heavy (non-hydrogen) atoms. The van der Waals surface area contributed by atoms with Crippen LogP contribution >= 0.6 is 0 Å². The van der Waals surface area contributed by atoms with Gasteiger partial charge in [0.15, 0.2) is 0 Å². The van der Waals surface area contributed by atoms with E-state index in [1.807, 2.05) is 0 Å². The first-order chi connectivity index (χ1) is 11.3. The highest BCUT2D eigenvalue weighted by molar-refractivity contribution is 7.92. The topological polar surface area (TPSA) is 129 Å². The number of sulfonamides is 1. The van der Waals surface area contributed by atoms with Crippen molar-refractivity contribution < 1.29 is 23.2 Å². The van der Waals surface area contributed by atoms with E-state index in [9.17, 15) is 28.4 Å². The number of carboxylic acid groups (broad SMARTS) is 1. The number of nitrogens with zero attached hydrogens (tertiary/aromatic N) is 1. The molecule has 0 atom stereocenters. The first-order valence-electron chi connectivity index (χ1n) is 6.84. The highest BCUT2D eigenvalue weighted by Crippen LogP contribution is 2.21. The maximum Gasteiger partial charge on any atom is 0.271 e. The van der Waals surface area contributed by atoms with Crippen LogP contribution in [0.1, 0.15) is 12.0 Å². The summed E-state index contributed by atoms with van der Waals surface area (Å²) in [6.45, 7) is 0. The minimum atomic E-state index is -3.91. The van der Waals surface area contributed by atoms with Gasteiger partial charge in [0.05, 0.1) is 15.5 Å². The maximum absolute atomic E-state index is 12.3. The third-order valence-corrected chi connectivity index (χ3v) is 4.56. The van der Waals surface area contributed by atoms with E-state index in [4.69, 9.17) is 0 Å². The second kappa shape index (κ2) is 7.09. The Morgan fingerprint density at radius 3 is 2.38 bits per heavy atom. The molecule has 0 aliphatic heterocycles. The van der Waals surface area contributed by atoms with Crippen molar-refractivity contribution >= 4 is 27.4 Å². The van der Waals surface area contributed by atoms with E-state index in [1.54, 1.807) is 0 Å². The molecule has 9 heteroatoms. The predicted molar refractivity (Wildman–Crippen MR) is 83.7 cm³/mol. The van der Waals surface area contributed by atoms with Gasteiger partial charge < -0.3 is 9.90 Å². The molecule has 0 heterocycles. The first-order valence-corrected chi connectivity index (χ1v) is 8.32. The third kappa shape index (κ3) is 4.53. The lowest BCUT2D eigenvalue weighted by molar-refractivity contribution is -0.384. The summed E-state index contributed by atoms with van der Waals surface area (Å²) in [5.41, 5.74) is 0.506. The van der Waals surface area contributed by atoms with Gasteiger partial charge in [-0.05, 0) is 36.6 Å². The summed E-state index contributed by atoms with van der Waals surface area (Å²) in [6.07, 6.45) is 0.0823. The number of carbonyl (C=O) groups is 1. The van der Waals surface area contributed by atoms with E-state index in [2.05, 4.69) is 4.72 Å². The van der Waals surface area contributed by atoms with Gasteiger partial charge >= 0.3 is 0 Å². The van der Waals surface area contributed by atoms with Gasteiger partial charge in [-0.1, -0.05) is 18.2 Å². The fraction of sp³-hybridized carbons (Fsp3) is 0.133. The van der Waals surface area contributed by atoms with Gasteiger partial charge in [0.25, 0.3) is 15.7 Å². The lowest BCUT2D eigenvalue weighted by Crippen LogP contribution is -2.22. The maximum atomic E-state index is 12.3. The van der Waals surface area contributed by atoms with Gasteiger partial charge in [0.2, 0.25) is 0 Å². The number of benzene rings is 2. The second-order valence-corrected chi connectivity index (χ2v) is 6.61. The van der Waals surface area contributed by atoms with Gasteiger partial charge in [-0.25, -0.2) is 8.42 Å². The minimum absolute atomic E-state index is 0.0359. The molecule has 126 valence electrons. The molecule has 0 fully saturated rings. The fourth-order valence-corrected chi connectivity index (χ4v) is 3.03. The lowest BCUT2D eigenvalue weighted by atomic mass is 10.1. The van der Waals surface area contributed by atoms with Crippen molar-refractivity contribution in [1.29, 1.82) is 0 Å². The van der Waals surface area contributed by atoms with Crippen LogP contribution in [0.4, 0.5) is 11.4 Å². The summed E-state index contributed by atoms with van der Waals surface area (Å²) in [4.78, 5) is 20.5. The molecule has 0 radical (unpaired) electrons. The van der Waals surface area contributed by atoms with Crippen molar-refractivity contribution in [3.63, 3.8) is 0 Å². The SMILES string of the molecule is O=C([O-])CCc1ccc(S(=O)(=O)Nc2cccc([N+](=O)[O-])c2)cc1.